The highest BCUT2D eigenvalue weighted by molar-refractivity contribution is 14.0. The highest BCUT2D eigenvalue weighted by Crippen LogP contribution is 2.16. The maximum Gasteiger partial charge on any atom is 0.213 e. The molecule has 0 atom stereocenters. The first-order chi connectivity index (χ1) is 13.6. The van der Waals surface area contributed by atoms with Gasteiger partial charge in [-0.05, 0) is 31.0 Å². The number of hydrogen-bond donors (Lipinski definition) is 2. The lowest BCUT2D eigenvalue weighted by molar-refractivity contribution is 0.293. The Morgan fingerprint density at radius 1 is 1.07 bits per heavy atom. The van der Waals surface area contributed by atoms with Crippen molar-refractivity contribution in [2.24, 2.45) is 4.99 Å². The fourth-order valence-electron chi connectivity index (χ4n) is 2.68. The first-order valence-corrected chi connectivity index (χ1v) is 9.95. The van der Waals surface area contributed by atoms with Crippen molar-refractivity contribution in [2.75, 3.05) is 7.05 Å². The monoisotopic (exact) mass is 523 g/mol. The molecule has 0 radical (unpaired) electrons. The van der Waals surface area contributed by atoms with E-state index in [1.54, 1.807) is 24.6 Å². The molecular weight excluding hydrogens is 497 g/mol. The number of rotatable bonds is 7. The topological polar surface area (TPSA) is 71.4 Å². The number of aryl methyl sites for hydroxylation is 2. The van der Waals surface area contributed by atoms with E-state index in [0.29, 0.717) is 25.6 Å². The predicted molar refractivity (Wildman–Crippen MR) is 129 cm³/mol. The third-order valence-corrected chi connectivity index (χ3v) is 5.20. The first kappa shape index (κ1) is 23.1. The van der Waals surface area contributed by atoms with Crippen molar-refractivity contribution in [3.8, 4) is 5.88 Å². The van der Waals surface area contributed by atoms with Gasteiger partial charge in [0.2, 0.25) is 5.88 Å². The maximum atomic E-state index is 5.80. The number of ether oxygens (including phenoxy) is 1. The molecule has 0 bridgehead atoms. The molecule has 2 N–H and O–H groups in total. The summed E-state index contributed by atoms with van der Waals surface area (Å²) in [5.41, 5.74) is 3.26. The Labute approximate surface area is 192 Å². The summed E-state index contributed by atoms with van der Waals surface area (Å²) in [5, 5.41) is 7.74. The molecule has 0 spiro atoms. The molecule has 3 aromatic rings. The van der Waals surface area contributed by atoms with Crippen LogP contribution in [0.4, 0.5) is 0 Å². The van der Waals surface area contributed by atoms with Crippen LogP contribution in [0.3, 0.4) is 0 Å². The lowest BCUT2D eigenvalue weighted by atomic mass is 10.2. The van der Waals surface area contributed by atoms with Crippen LogP contribution in [0.25, 0.3) is 0 Å². The van der Waals surface area contributed by atoms with Gasteiger partial charge in [0, 0.05) is 30.7 Å². The van der Waals surface area contributed by atoms with Crippen LogP contribution in [-0.4, -0.2) is 23.0 Å². The standard InChI is InChI=1S/C21H25N5OS.HI/c1-15-19(28-16(2)26-15)13-25-21(22-3)24-12-18-9-10-23-20(11-18)27-14-17-7-5-4-6-8-17;/h4-11H,12-14H2,1-3H3,(H2,22,24,25);1H. The molecule has 0 aliphatic rings. The zero-order valence-electron chi connectivity index (χ0n) is 16.8. The number of aliphatic imine (C=N–C) groups is 1. The van der Waals surface area contributed by atoms with E-state index >= 15 is 0 Å². The Morgan fingerprint density at radius 2 is 1.83 bits per heavy atom. The van der Waals surface area contributed by atoms with E-state index in [-0.39, 0.29) is 24.0 Å². The molecule has 2 heterocycles. The molecule has 0 unspecified atom stereocenters. The van der Waals surface area contributed by atoms with Gasteiger partial charge in [0.1, 0.15) is 6.61 Å². The van der Waals surface area contributed by atoms with Crippen LogP contribution in [-0.2, 0) is 19.7 Å². The largest absolute Gasteiger partial charge is 0.473 e. The van der Waals surface area contributed by atoms with E-state index in [1.165, 1.54) is 4.88 Å². The summed E-state index contributed by atoms with van der Waals surface area (Å²) in [7, 11) is 1.76. The Kier molecular flexibility index (Phi) is 9.33. The van der Waals surface area contributed by atoms with Crippen LogP contribution in [0.2, 0.25) is 0 Å². The third kappa shape index (κ3) is 7.28. The minimum Gasteiger partial charge on any atom is -0.473 e. The van der Waals surface area contributed by atoms with Crippen LogP contribution in [0.5, 0.6) is 5.88 Å². The average molecular weight is 523 g/mol. The number of thiazole rings is 1. The molecule has 154 valence electrons. The van der Waals surface area contributed by atoms with Gasteiger partial charge >= 0.3 is 0 Å². The molecule has 2 aromatic heterocycles. The zero-order valence-corrected chi connectivity index (χ0v) is 20.0. The Balaban J connectivity index is 0.00000300. The van der Waals surface area contributed by atoms with Crippen LogP contribution < -0.4 is 15.4 Å². The Bertz CT molecular complexity index is 930. The van der Waals surface area contributed by atoms with Crippen molar-refractivity contribution in [1.29, 1.82) is 0 Å². The van der Waals surface area contributed by atoms with E-state index in [9.17, 15) is 0 Å². The number of benzene rings is 1. The van der Waals surface area contributed by atoms with E-state index in [1.807, 2.05) is 56.3 Å². The van der Waals surface area contributed by atoms with Gasteiger partial charge in [0.15, 0.2) is 5.96 Å². The van der Waals surface area contributed by atoms with Crippen LogP contribution in [0.1, 0.15) is 26.7 Å². The van der Waals surface area contributed by atoms with Gasteiger partial charge in [-0.15, -0.1) is 35.3 Å². The number of pyridine rings is 1. The summed E-state index contributed by atoms with van der Waals surface area (Å²) in [4.78, 5) is 14.3. The second kappa shape index (κ2) is 11.7. The molecule has 3 rings (SSSR count). The summed E-state index contributed by atoms with van der Waals surface area (Å²) in [6, 6.07) is 14.0. The average Bonchev–Trinajstić information content (AvgIpc) is 3.04. The van der Waals surface area contributed by atoms with Gasteiger partial charge in [0.25, 0.3) is 0 Å². The van der Waals surface area contributed by atoms with E-state index in [4.69, 9.17) is 4.74 Å². The molecule has 0 saturated carbocycles. The minimum absolute atomic E-state index is 0. The quantitative estimate of drug-likeness (QED) is 0.276. The summed E-state index contributed by atoms with van der Waals surface area (Å²) in [6.45, 7) is 5.89. The number of aromatic nitrogens is 2. The van der Waals surface area contributed by atoms with Gasteiger partial charge in [-0.2, -0.15) is 0 Å². The molecule has 0 amide bonds. The summed E-state index contributed by atoms with van der Waals surface area (Å²) < 4.78 is 5.80. The molecule has 0 fully saturated rings. The number of halogens is 1. The number of nitrogens with one attached hydrogen (secondary N) is 2. The Morgan fingerprint density at radius 3 is 2.52 bits per heavy atom. The fourth-order valence-corrected chi connectivity index (χ4v) is 3.56. The van der Waals surface area contributed by atoms with Crippen LogP contribution in [0, 0.1) is 13.8 Å². The molecule has 6 nitrogen and oxygen atoms in total. The first-order valence-electron chi connectivity index (χ1n) is 9.13. The molecule has 8 heteroatoms. The van der Waals surface area contributed by atoms with E-state index in [2.05, 4.69) is 25.6 Å². The van der Waals surface area contributed by atoms with Crippen molar-refractivity contribution in [1.82, 2.24) is 20.6 Å². The van der Waals surface area contributed by atoms with Crippen molar-refractivity contribution in [3.63, 3.8) is 0 Å². The van der Waals surface area contributed by atoms with Gasteiger partial charge in [-0.1, -0.05) is 30.3 Å². The molecular formula is C21H26IN5OS. The maximum absolute atomic E-state index is 5.80. The molecule has 0 saturated heterocycles. The van der Waals surface area contributed by atoms with Crippen LogP contribution >= 0.6 is 35.3 Å². The van der Waals surface area contributed by atoms with Gasteiger partial charge in [0.05, 0.1) is 17.2 Å². The summed E-state index contributed by atoms with van der Waals surface area (Å²) in [6.07, 6.45) is 1.76. The number of guanidine groups is 1. The van der Waals surface area contributed by atoms with Crippen molar-refractivity contribution in [2.45, 2.75) is 33.5 Å². The second-order valence-corrected chi connectivity index (χ2v) is 7.59. The summed E-state index contributed by atoms with van der Waals surface area (Å²) >= 11 is 1.71. The van der Waals surface area contributed by atoms with Gasteiger partial charge in [-0.25, -0.2) is 9.97 Å². The number of hydrogen-bond acceptors (Lipinski definition) is 5. The molecule has 1 aromatic carbocycles. The third-order valence-electron chi connectivity index (χ3n) is 4.13. The zero-order chi connectivity index (χ0) is 19.8. The lowest BCUT2D eigenvalue weighted by Crippen LogP contribution is -2.36. The highest BCUT2D eigenvalue weighted by atomic mass is 127. The Hall–Kier alpha value is -2.20. The molecule has 29 heavy (non-hydrogen) atoms. The number of nitrogens with zero attached hydrogens (tertiary/aromatic N) is 3. The van der Waals surface area contributed by atoms with E-state index < -0.39 is 0 Å². The van der Waals surface area contributed by atoms with E-state index in [0.717, 1.165) is 27.8 Å². The lowest BCUT2D eigenvalue weighted by Gasteiger charge is -2.12. The van der Waals surface area contributed by atoms with Crippen LogP contribution in [0.15, 0.2) is 53.7 Å². The highest BCUT2D eigenvalue weighted by Gasteiger charge is 2.06. The van der Waals surface area contributed by atoms with Gasteiger partial charge in [-0.3, -0.25) is 4.99 Å². The minimum atomic E-state index is 0. The van der Waals surface area contributed by atoms with Crippen molar-refractivity contribution < 1.29 is 4.74 Å². The molecule has 0 aliphatic carbocycles. The van der Waals surface area contributed by atoms with Gasteiger partial charge < -0.3 is 15.4 Å². The molecule has 0 aliphatic heterocycles. The normalized spacial score (nSPS) is 10.9. The fraction of sp³-hybridized carbons (Fsp3) is 0.286. The second-order valence-electron chi connectivity index (χ2n) is 6.30. The predicted octanol–water partition coefficient (Wildman–Crippen LogP) is 4.22. The van der Waals surface area contributed by atoms with Crippen molar-refractivity contribution >= 4 is 41.3 Å². The SMILES string of the molecule is CN=C(NCc1ccnc(OCc2ccccc2)c1)NCc1sc(C)nc1C.I. The summed E-state index contributed by atoms with van der Waals surface area (Å²) in [5.74, 6) is 1.36. The van der Waals surface area contributed by atoms with Crippen molar-refractivity contribution in [3.05, 3.63) is 75.4 Å². The smallest absolute Gasteiger partial charge is 0.213 e.